The molecule has 2 nitrogen and oxygen atoms in total. The van der Waals surface area contributed by atoms with E-state index in [1.807, 2.05) is 0 Å². The fourth-order valence-electron chi connectivity index (χ4n) is 1.88. The van der Waals surface area contributed by atoms with Gasteiger partial charge in [-0.2, -0.15) is 5.26 Å². The Bertz CT molecular complexity index is 170. The van der Waals surface area contributed by atoms with Gasteiger partial charge in [0.25, 0.3) is 0 Å². The Balaban J connectivity index is 2.14. The summed E-state index contributed by atoms with van der Waals surface area (Å²) in [5.41, 5.74) is -0.0972. The standard InChI is InChI=1S/C8H12N2/c9-6-8(7-2-3-7)4-1-5-10-8/h7,10H,1-5H2. The molecule has 1 saturated carbocycles. The van der Waals surface area contributed by atoms with Crippen LogP contribution in [0.2, 0.25) is 0 Å². The number of hydrogen-bond acceptors (Lipinski definition) is 2. The average molecular weight is 136 g/mol. The maximum absolute atomic E-state index is 8.91. The van der Waals surface area contributed by atoms with Crippen LogP contribution < -0.4 is 5.32 Å². The van der Waals surface area contributed by atoms with Crippen LogP contribution in [0.1, 0.15) is 25.7 Å². The van der Waals surface area contributed by atoms with Crippen molar-refractivity contribution in [3.05, 3.63) is 0 Å². The highest BCUT2D eigenvalue weighted by Crippen LogP contribution is 2.43. The number of hydrogen-bond donors (Lipinski definition) is 1. The van der Waals surface area contributed by atoms with Crippen molar-refractivity contribution < 1.29 is 0 Å². The van der Waals surface area contributed by atoms with Crippen LogP contribution in [0.3, 0.4) is 0 Å². The fraction of sp³-hybridized carbons (Fsp3) is 0.875. The number of nitriles is 1. The molecule has 0 aromatic heterocycles. The van der Waals surface area contributed by atoms with E-state index in [4.69, 9.17) is 5.26 Å². The van der Waals surface area contributed by atoms with Gasteiger partial charge in [-0.1, -0.05) is 0 Å². The van der Waals surface area contributed by atoms with Crippen molar-refractivity contribution >= 4 is 0 Å². The first-order valence-corrected chi connectivity index (χ1v) is 4.04. The molecule has 2 aliphatic rings. The molecule has 1 saturated heterocycles. The number of nitrogens with one attached hydrogen (secondary N) is 1. The molecule has 0 bridgehead atoms. The molecule has 54 valence electrons. The quantitative estimate of drug-likeness (QED) is 0.584. The van der Waals surface area contributed by atoms with E-state index in [2.05, 4.69) is 11.4 Å². The molecule has 10 heavy (non-hydrogen) atoms. The van der Waals surface area contributed by atoms with Gasteiger partial charge in [0.2, 0.25) is 0 Å². The van der Waals surface area contributed by atoms with E-state index >= 15 is 0 Å². The molecule has 2 heteroatoms. The summed E-state index contributed by atoms with van der Waals surface area (Å²) in [6, 6.07) is 2.43. The Labute approximate surface area is 61.2 Å². The van der Waals surface area contributed by atoms with Crippen LogP contribution in [-0.4, -0.2) is 12.1 Å². The second-order valence-corrected chi connectivity index (χ2v) is 3.39. The monoisotopic (exact) mass is 136 g/mol. The molecule has 0 spiro atoms. The summed E-state index contributed by atoms with van der Waals surface area (Å²) in [4.78, 5) is 0. The van der Waals surface area contributed by atoms with Crippen LogP contribution >= 0.6 is 0 Å². The second kappa shape index (κ2) is 1.96. The summed E-state index contributed by atoms with van der Waals surface area (Å²) < 4.78 is 0. The molecule has 1 N–H and O–H groups in total. The lowest BCUT2D eigenvalue weighted by Gasteiger charge is -2.19. The summed E-state index contributed by atoms with van der Waals surface area (Å²) in [7, 11) is 0. The topological polar surface area (TPSA) is 35.8 Å². The molecule has 0 aromatic carbocycles. The molecule has 0 aromatic rings. The predicted octanol–water partition coefficient (Wildman–Crippen LogP) is 1.04. The first kappa shape index (κ1) is 6.18. The highest BCUT2D eigenvalue weighted by Gasteiger charge is 2.47. The third kappa shape index (κ3) is 0.741. The van der Waals surface area contributed by atoms with E-state index < -0.39 is 0 Å². The minimum Gasteiger partial charge on any atom is -0.299 e. The first-order chi connectivity index (χ1) is 4.87. The highest BCUT2D eigenvalue weighted by molar-refractivity contribution is 5.17. The van der Waals surface area contributed by atoms with Gasteiger partial charge in [0.15, 0.2) is 0 Å². The Morgan fingerprint density at radius 3 is 2.70 bits per heavy atom. The zero-order valence-electron chi connectivity index (χ0n) is 6.06. The average Bonchev–Trinajstić information content (AvgIpc) is 2.71. The van der Waals surface area contributed by atoms with Gasteiger partial charge in [0.1, 0.15) is 5.54 Å². The lowest BCUT2D eigenvalue weighted by molar-refractivity contribution is 0.424. The summed E-state index contributed by atoms with van der Waals surface area (Å²) >= 11 is 0. The summed E-state index contributed by atoms with van der Waals surface area (Å²) in [6.45, 7) is 1.05. The van der Waals surface area contributed by atoms with E-state index in [1.165, 1.54) is 19.3 Å². The Hall–Kier alpha value is -0.550. The van der Waals surface area contributed by atoms with Crippen molar-refractivity contribution in [2.24, 2.45) is 5.92 Å². The zero-order valence-corrected chi connectivity index (χ0v) is 6.06. The normalized spacial score (nSPS) is 39.5. The van der Waals surface area contributed by atoms with Gasteiger partial charge in [0, 0.05) is 0 Å². The van der Waals surface area contributed by atoms with Gasteiger partial charge in [-0.15, -0.1) is 0 Å². The van der Waals surface area contributed by atoms with Crippen LogP contribution in [0.15, 0.2) is 0 Å². The summed E-state index contributed by atoms with van der Waals surface area (Å²) in [5, 5.41) is 12.2. The lowest BCUT2D eigenvalue weighted by Crippen LogP contribution is -2.40. The largest absolute Gasteiger partial charge is 0.299 e. The van der Waals surface area contributed by atoms with E-state index in [-0.39, 0.29) is 5.54 Å². The third-order valence-electron chi connectivity index (χ3n) is 2.66. The molecule has 1 atom stereocenters. The first-order valence-electron chi connectivity index (χ1n) is 4.04. The molecule has 1 aliphatic heterocycles. The molecule has 2 fully saturated rings. The molecule has 0 amide bonds. The molecule has 1 heterocycles. The van der Waals surface area contributed by atoms with Gasteiger partial charge in [0.05, 0.1) is 6.07 Å². The van der Waals surface area contributed by atoms with Crippen LogP contribution in [0, 0.1) is 17.2 Å². The maximum atomic E-state index is 8.91. The maximum Gasteiger partial charge on any atom is 0.109 e. The van der Waals surface area contributed by atoms with Gasteiger partial charge in [-0.25, -0.2) is 0 Å². The van der Waals surface area contributed by atoms with Crippen molar-refractivity contribution in [1.29, 1.82) is 5.26 Å². The van der Waals surface area contributed by atoms with Crippen molar-refractivity contribution in [2.45, 2.75) is 31.2 Å². The molecule has 1 aliphatic carbocycles. The van der Waals surface area contributed by atoms with Crippen LogP contribution in [0.25, 0.3) is 0 Å². The van der Waals surface area contributed by atoms with Gasteiger partial charge < -0.3 is 0 Å². The number of rotatable bonds is 1. The van der Waals surface area contributed by atoms with Crippen molar-refractivity contribution in [3.63, 3.8) is 0 Å². The van der Waals surface area contributed by atoms with E-state index in [0.717, 1.165) is 13.0 Å². The third-order valence-corrected chi connectivity index (χ3v) is 2.66. The predicted molar refractivity (Wildman–Crippen MR) is 38.3 cm³/mol. The van der Waals surface area contributed by atoms with Crippen LogP contribution in [0.4, 0.5) is 0 Å². The fourth-order valence-corrected chi connectivity index (χ4v) is 1.88. The highest BCUT2D eigenvalue weighted by atomic mass is 15.0. The molecular weight excluding hydrogens is 124 g/mol. The zero-order chi connectivity index (χ0) is 7.03. The van der Waals surface area contributed by atoms with Crippen molar-refractivity contribution in [3.8, 4) is 6.07 Å². The van der Waals surface area contributed by atoms with Crippen molar-refractivity contribution in [1.82, 2.24) is 5.32 Å². The SMILES string of the molecule is N#CC1(C2CC2)CCCN1. The Kier molecular flexibility index (Phi) is 1.21. The molecular formula is C8H12N2. The van der Waals surface area contributed by atoms with Crippen LogP contribution in [-0.2, 0) is 0 Å². The Morgan fingerprint density at radius 2 is 2.30 bits per heavy atom. The molecule has 1 unspecified atom stereocenters. The van der Waals surface area contributed by atoms with Crippen molar-refractivity contribution in [2.75, 3.05) is 6.54 Å². The molecule has 0 radical (unpaired) electrons. The van der Waals surface area contributed by atoms with Gasteiger partial charge in [-0.3, -0.25) is 5.32 Å². The minimum absolute atomic E-state index is 0.0972. The van der Waals surface area contributed by atoms with E-state index in [1.54, 1.807) is 0 Å². The van der Waals surface area contributed by atoms with E-state index in [9.17, 15) is 0 Å². The second-order valence-electron chi connectivity index (χ2n) is 3.39. The number of nitrogens with zero attached hydrogens (tertiary/aromatic N) is 1. The van der Waals surface area contributed by atoms with Gasteiger partial charge >= 0.3 is 0 Å². The minimum atomic E-state index is -0.0972. The van der Waals surface area contributed by atoms with E-state index in [0.29, 0.717) is 5.92 Å². The summed E-state index contributed by atoms with van der Waals surface area (Å²) in [6.07, 6.45) is 4.79. The molecule has 2 rings (SSSR count). The van der Waals surface area contributed by atoms with Gasteiger partial charge in [-0.05, 0) is 38.1 Å². The van der Waals surface area contributed by atoms with Crippen LogP contribution in [0.5, 0.6) is 0 Å². The summed E-state index contributed by atoms with van der Waals surface area (Å²) in [5.74, 6) is 0.681. The lowest BCUT2D eigenvalue weighted by atomic mass is 9.94. The smallest absolute Gasteiger partial charge is 0.109 e. The Morgan fingerprint density at radius 1 is 1.50 bits per heavy atom.